The van der Waals surface area contributed by atoms with Crippen molar-refractivity contribution in [2.24, 2.45) is 11.3 Å². The molecule has 2 amide bonds. The van der Waals surface area contributed by atoms with Crippen LogP contribution >= 0.6 is 11.9 Å². The Morgan fingerprint density at radius 3 is 2.67 bits per heavy atom. The zero-order valence-corrected chi connectivity index (χ0v) is 25.8. The summed E-state index contributed by atoms with van der Waals surface area (Å²) in [6, 6.07) is 8.96. The van der Waals surface area contributed by atoms with E-state index in [1.807, 2.05) is 18.2 Å². The summed E-state index contributed by atoms with van der Waals surface area (Å²) < 4.78 is 48.3. The quantitative estimate of drug-likeness (QED) is 0.404. The lowest BCUT2D eigenvalue weighted by molar-refractivity contribution is -0.217. The third kappa shape index (κ3) is 6.87. The van der Waals surface area contributed by atoms with Gasteiger partial charge in [0, 0.05) is 50.1 Å². The van der Waals surface area contributed by atoms with Crippen molar-refractivity contribution in [3.05, 3.63) is 35.9 Å². The number of nitrogens with one attached hydrogen (secondary N) is 2. The smallest absolute Gasteiger partial charge is 0.370 e. The minimum absolute atomic E-state index is 0.178. The Balaban J connectivity index is 1.38. The Hall–Kier alpha value is -3.06. The fourth-order valence-electron chi connectivity index (χ4n) is 5.89. The Labute approximate surface area is 254 Å². The molecule has 234 valence electrons. The highest BCUT2D eigenvalue weighted by atomic mass is 32.2. The van der Waals surface area contributed by atoms with E-state index in [1.54, 1.807) is 12.1 Å². The minimum atomic E-state index is -4.36. The summed E-state index contributed by atoms with van der Waals surface area (Å²) in [6.45, 7) is 8.19. The van der Waals surface area contributed by atoms with E-state index in [0.29, 0.717) is 41.1 Å². The van der Waals surface area contributed by atoms with Crippen molar-refractivity contribution in [2.45, 2.75) is 82.6 Å². The topological polar surface area (TPSA) is 99.7 Å². The zero-order chi connectivity index (χ0) is 31.0. The van der Waals surface area contributed by atoms with E-state index in [0.717, 1.165) is 64.0 Å². The first kappa shape index (κ1) is 31.4. The highest BCUT2D eigenvalue weighted by Crippen LogP contribution is 2.42. The molecule has 5 rings (SSSR count). The predicted molar refractivity (Wildman–Crippen MR) is 160 cm³/mol. The minimum Gasteiger partial charge on any atom is -0.370 e. The number of nitrogens with zero attached hydrogens (tertiary/aromatic N) is 4. The molecule has 2 fully saturated rings. The maximum absolute atomic E-state index is 13.5. The molecule has 0 radical (unpaired) electrons. The van der Waals surface area contributed by atoms with Crippen molar-refractivity contribution in [1.82, 2.24) is 14.7 Å². The lowest BCUT2D eigenvalue weighted by Gasteiger charge is -2.34. The Kier molecular flexibility index (Phi) is 8.86. The van der Waals surface area contributed by atoms with Crippen molar-refractivity contribution in [2.75, 3.05) is 41.4 Å². The van der Waals surface area contributed by atoms with Crippen LogP contribution in [0.5, 0.6) is 0 Å². The maximum Gasteiger partial charge on any atom is 0.394 e. The molecule has 2 atom stereocenters. The van der Waals surface area contributed by atoms with Crippen LogP contribution in [0.4, 0.5) is 30.6 Å². The normalized spacial score (nSPS) is 22.9. The van der Waals surface area contributed by atoms with Crippen LogP contribution < -0.4 is 19.8 Å². The molecule has 9 nitrogen and oxygen atoms in total. The lowest BCUT2D eigenvalue weighted by Crippen LogP contribution is -2.40. The van der Waals surface area contributed by atoms with Crippen molar-refractivity contribution >= 4 is 41.2 Å². The van der Waals surface area contributed by atoms with Gasteiger partial charge in [0.2, 0.25) is 0 Å². The summed E-state index contributed by atoms with van der Waals surface area (Å²) in [4.78, 5) is 40.0. The molecular formula is C30H39F3N6O3S. The second kappa shape index (κ2) is 12.1. The van der Waals surface area contributed by atoms with Gasteiger partial charge in [-0.15, -0.1) is 0 Å². The Bertz CT molecular complexity index is 1350. The van der Waals surface area contributed by atoms with E-state index < -0.39 is 17.7 Å². The standard InChI is InChI=1S/C30H39F3N6O3S/c1-28(2,30(31,32)33)13-16-42-21-12-15-38(27(21)41)23-11-10-20-25(36-23)39-18-19(17-29(39,3)4)7-6-14-34-22-8-5-9-24(35-22)43-37-26(20)40/h5,8-11,19,21H,6-7,12-18H2,1-4H3,(H,34,35)(H,37,40). The summed E-state index contributed by atoms with van der Waals surface area (Å²) in [5.74, 6) is 1.38. The second-order valence-electron chi connectivity index (χ2n) is 12.8. The molecule has 0 aliphatic carbocycles. The van der Waals surface area contributed by atoms with Crippen LogP contribution in [0.15, 0.2) is 35.4 Å². The van der Waals surface area contributed by atoms with E-state index in [2.05, 4.69) is 33.8 Å². The summed E-state index contributed by atoms with van der Waals surface area (Å²) in [5.41, 5.74) is -1.80. The molecular weight excluding hydrogens is 581 g/mol. The van der Waals surface area contributed by atoms with E-state index in [1.165, 1.54) is 4.90 Å². The van der Waals surface area contributed by atoms with Gasteiger partial charge < -0.3 is 15.0 Å². The number of aromatic nitrogens is 2. The van der Waals surface area contributed by atoms with Gasteiger partial charge in [0.1, 0.15) is 28.6 Å². The molecule has 43 heavy (non-hydrogen) atoms. The van der Waals surface area contributed by atoms with Gasteiger partial charge in [0.25, 0.3) is 11.8 Å². The molecule has 4 bridgehead atoms. The lowest BCUT2D eigenvalue weighted by atomic mass is 9.89. The number of hydrogen-bond acceptors (Lipinski definition) is 8. The largest absolute Gasteiger partial charge is 0.394 e. The molecule has 13 heteroatoms. The molecule has 5 heterocycles. The average Bonchev–Trinajstić information content (AvgIpc) is 3.46. The van der Waals surface area contributed by atoms with Gasteiger partial charge in [-0.05, 0) is 69.7 Å². The summed E-state index contributed by atoms with van der Waals surface area (Å²) in [6.07, 6.45) is -2.20. The molecule has 2 aromatic heterocycles. The van der Waals surface area contributed by atoms with Gasteiger partial charge in [-0.25, -0.2) is 9.97 Å². The highest BCUT2D eigenvalue weighted by Gasteiger charge is 2.47. The average molecular weight is 621 g/mol. The van der Waals surface area contributed by atoms with Crippen LogP contribution in [0.25, 0.3) is 0 Å². The van der Waals surface area contributed by atoms with Gasteiger partial charge in [0.05, 0.1) is 11.0 Å². The third-order valence-electron chi connectivity index (χ3n) is 8.63. The van der Waals surface area contributed by atoms with E-state index in [-0.39, 0.29) is 30.4 Å². The van der Waals surface area contributed by atoms with Crippen LogP contribution in [0.3, 0.4) is 0 Å². The number of rotatable bonds is 5. The Morgan fingerprint density at radius 2 is 1.91 bits per heavy atom. The van der Waals surface area contributed by atoms with Crippen LogP contribution in [0.2, 0.25) is 0 Å². The summed E-state index contributed by atoms with van der Waals surface area (Å²) in [7, 11) is 0. The number of alkyl halides is 3. The van der Waals surface area contributed by atoms with Crippen molar-refractivity contribution in [1.29, 1.82) is 0 Å². The van der Waals surface area contributed by atoms with Gasteiger partial charge in [-0.1, -0.05) is 19.9 Å². The van der Waals surface area contributed by atoms with E-state index in [4.69, 9.17) is 9.72 Å². The van der Waals surface area contributed by atoms with Crippen LogP contribution in [0, 0.1) is 11.3 Å². The number of pyridine rings is 2. The van der Waals surface area contributed by atoms with Gasteiger partial charge in [-0.2, -0.15) is 13.2 Å². The number of carbonyl (C=O) groups excluding carboxylic acids is 2. The van der Waals surface area contributed by atoms with Crippen molar-refractivity contribution in [3.63, 3.8) is 0 Å². The van der Waals surface area contributed by atoms with Gasteiger partial charge in [0.15, 0.2) is 0 Å². The number of amides is 2. The van der Waals surface area contributed by atoms with E-state index in [9.17, 15) is 22.8 Å². The molecule has 0 spiro atoms. The monoisotopic (exact) mass is 620 g/mol. The van der Waals surface area contributed by atoms with Gasteiger partial charge >= 0.3 is 6.18 Å². The molecule has 0 saturated carbocycles. The number of halogens is 3. The number of anilines is 3. The van der Waals surface area contributed by atoms with Crippen molar-refractivity contribution < 1.29 is 27.5 Å². The van der Waals surface area contributed by atoms with Crippen LogP contribution in [-0.2, 0) is 9.53 Å². The first-order valence-corrected chi connectivity index (χ1v) is 15.5. The zero-order valence-electron chi connectivity index (χ0n) is 25.0. The summed E-state index contributed by atoms with van der Waals surface area (Å²) >= 11 is 1.12. The molecule has 0 aromatic carbocycles. The molecule has 2 aromatic rings. The number of hydrogen-bond donors (Lipinski definition) is 2. The number of ether oxygens (including phenoxy) is 1. The molecule has 2 unspecified atom stereocenters. The second-order valence-corrected chi connectivity index (χ2v) is 13.6. The van der Waals surface area contributed by atoms with Crippen LogP contribution in [-0.4, -0.2) is 65.8 Å². The Morgan fingerprint density at radius 1 is 1.12 bits per heavy atom. The SMILES string of the molecule is CC1(C)CC2CCCNc3cccc(n3)SNC(=O)c3ccc(N4CCC(OCCC(C)(C)C(F)(F)F)C4=O)nc3N1C2. The first-order valence-electron chi connectivity index (χ1n) is 14.7. The molecule has 3 aliphatic heterocycles. The fraction of sp³-hybridized carbons (Fsp3) is 0.600. The van der Waals surface area contributed by atoms with Crippen LogP contribution in [0.1, 0.15) is 70.2 Å². The molecule has 2 N–H and O–H groups in total. The number of carbonyl (C=O) groups is 2. The first-order chi connectivity index (χ1) is 20.2. The molecule has 2 saturated heterocycles. The van der Waals surface area contributed by atoms with Gasteiger partial charge in [-0.3, -0.25) is 19.2 Å². The number of fused-ring (bicyclic) bond motifs is 6. The third-order valence-corrected chi connectivity index (χ3v) is 9.36. The summed E-state index contributed by atoms with van der Waals surface area (Å²) in [5, 5.41) is 4.02. The van der Waals surface area contributed by atoms with Crippen molar-refractivity contribution in [3.8, 4) is 0 Å². The maximum atomic E-state index is 13.5. The highest BCUT2D eigenvalue weighted by molar-refractivity contribution is 7.97. The fourth-order valence-corrected chi connectivity index (χ4v) is 6.49. The predicted octanol–water partition coefficient (Wildman–Crippen LogP) is 5.82. The van der Waals surface area contributed by atoms with E-state index >= 15 is 0 Å². The molecule has 3 aliphatic rings.